The summed E-state index contributed by atoms with van der Waals surface area (Å²) >= 11 is 6.46. The van der Waals surface area contributed by atoms with Crippen molar-refractivity contribution in [2.75, 3.05) is 16.8 Å². The van der Waals surface area contributed by atoms with Crippen LogP contribution in [0.2, 0.25) is 5.02 Å². The van der Waals surface area contributed by atoms with Crippen molar-refractivity contribution in [3.05, 3.63) is 111 Å². The van der Waals surface area contributed by atoms with Gasteiger partial charge in [-0.2, -0.15) is 23.5 Å². The van der Waals surface area contributed by atoms with E-state index < -0.39 is 46.9 Å². The standard InChI is InChI=1S/C31H17ClF5N7O2/c32-22-3-1-16(33)10-21(22)27-26-23(41-29(45)14-7-15(31(35,36)37)9-17(34)8-14)11-20(19-5-6-43(28(19)26)30(46)42-27)18-2-4-25-39-13-40-44(25)24(18)12-38/h1-4,7-11,13,27H,5-6H2,(H,41,45)(H,42,46). The van der Waals surface area contributed by atoms with Crippen LogP contribution in [0.1, 0.15) is 44.3 Å². The number of nitrogens with zero attached hydrogens (tertiary/aromatic N) is 5. The number of anilines is 2. The molecule has 0 fully saturated rings. The highest BCUT2D eigenvalue weighted by Crippen LogP contribution is 2.50. The zero-order chi connectivity index (χ0) is 32.5. The number of fused-ring (bicyclic) bond motifs is 1. The Morgan fingerprint density at radius 2 is 1.87 bits per heavy atom. The van der Waals surface area contributed by atoms with E-state index in [-0.39, 0.29) is 40.1 Å². The summed E-state index contributed by atoms with van der Waals surface area (Å²) < 4.78 is 70.5. The van der Waals surface area contributed by atoms with E-state index in [1.54, 1.807) is 12.1 Å². The number of nitriles is 1. The molecule has 0 saturated carbocycles. The van der Waals surface area contributed by atoms with E-state index in [1.165, 1.54) is 27.9 Å². The molecule has 0 spiro atoms. The molecule has 0 bridgehead atoms. The van der Waals surface area contributed by atoms with Gasteiger partial charge in [0.05, 0.1) is 17.3 Å². The summed E-state index contributed by atoms with van der Waals surface area (Å²) in [4.78, 5) is 32.5. The topological polar surface area (TPSA) is 115 Å². The maximum atomic E-state index is 14.5. The van der Waals surface area contributed by atoms with Crippen molar-refractivity contribution in [3.63, 3.8) is 0 Å². The van der Waals surface area contributed by atoms with Crippen LogP contribution < -0.4 is 15.5 Å². The predicted octanol–water partition coefficient (Wildman–Crippen LogP) is 6.65. The number of benzene rings is 3. The Kier molecular flexibility index (Phi) is 6.67. The molecule has 7 rings (SSSR count). The summed E-state index contributed by atoms with van der Waals surface area (Å²) in [5, 5.41) is 19.7. The second kappa shape index (κ2) is 10.5. The third kappa shape index (κ3) is 4.67. The highest BCUT2D eigenvalue weighted by atomic mass is 35.5. The molecule has 5 aromatic rings. The van der Waals surface area contributed by atoms with Crippen LogP contribution in [-0.4, -0.2) is 33.1 Å². The molecule has 3 amide bonds. The highest BCUT2D eigenvalue weighted by molar-refractivity contribution is 6.31. The Balaban J connectivity index is 1.48. The van der Waals surface area contributed by atoms with E-state index in [1.807, 2.05) is 0 Å². The number of carbonyl (C=O) groups is 2. The van der Waals surface area contributed by atoms with Crippen molar-refractivity contribution < 1.29 is 31.5 Å². The van der Waals surface area contributed by atoms with Gasteiger partial charge in [0.25, 0.3) is 5.91 Å². The number of rotatable bonds is 4. The maximum absolute atomic E-state index is 14.5. The van der Waals surface area contributed by atoms with Crippen molar-refractivity contribution in [1.29, 1.82) is 5.26 Å². The van der Waals surface area contributed by atoms with Crippen LogP contribution in [0.3, 0.4) is 0 Å². The van der Waals surface area contributed by atoms with Crippen molar-refractivity contribution in [3.8, 4) is 17.2 Å². The van der Waals surface area contributed by atoms with Gasteiger partial charge in [-0.25, -0.2) is 23.1 Å². The van der Waals surface area contributed by atoms with Crippen LogP contribution in [0.25, 0.3) is 16.8 Å². The van der Waals surface area contributed by atoms with Gasteiger partial charge in [0, 0.05) is 39.5 Å². The van der Waals surface area contributed by atoms with Crippen LogP contribution in [-0.2, 0) is 12.6 Å². The fourth-order valence-corrected chi connectivity index (χ4v) is 6.22. The van der Waals surface area contributed by atoms with Gasteiger partial charge in [-0.3, -0.25) is 9.69 Å². The van der Waals surface area contributed by atoms with E-state index in [2.05, 4.69) is 26.8 Å². The molecule has 230 valence electrons. The fraction of sp³-hybridized carbons (Fsp3) is 0.129. The minimum absolute atomic E-state index is 0.00336. The summed E-state index contributed by atoms with van der Waals surface area (Å²) in [6.07, 6.45) is -3.34. The van der Waals surface area contributed by atoms with Crippen molar-refractivity contribution in [1.82, 2.24) is 19.9 Å². The smallest absolute Gasteiger partial charge is 0.327 e. The molecule has 46 heavy (non-hydrogen) atoms. The van der Waals surface area contributed by atoms with Gasteiger partial charge in [-0.1, -0.05) is 11.6 Å². The van der Waals surface area contributed by atoms with Gasteiger partial charge in [-0.15, -0.1) is 0 Å². The molecule has 3 aromatic carbocycles. The molecular formula is C31H17ClF5N7O2. The molecule has 2 aliphatic rings. The Hall–Kier alpha value is -5.55. The Labute approximate surface area is 260 Å². The number of amides is 3. The molecule has 1 atom stereocenters. The summed E-state index contributed by atoms with van der Waals surface area (Å²) in [6.45, 7) is 0.203. The molecule has 0 aliphatic carbocycles. The Bertz CT molecular complexity index is 2180. The third-order valence-corrected chi connectivity index (χ3v) is 8.29. The monoisotopic (exact) mass is 649 g/mol. The zero-order valence-corrected chi connectivity index (χ0v) is 23.8. The van der Waals surface area contributed by atoms with Gasteiger partial charge in [0.2, 0.25) is 0 Å². The Morgan fingerprint density at radius 1 is 1.07 bits per heavy atom. The van der Waals surface area contributed by atoms with E-state index >= 15 is 0 Å². The van der Waals surface area contributed by atoms with E-state index in [0.717, 1.165) is 12.1 Å². The number of halogens is 6. The summed E-state index contributed by atoms with van der Waals surface area (Å²) in [6, 6.07) is 10.2. The average molecular weight is 650 g/mol. The van der Waals surface area contributed by atoms with E-state index in [0.29, 0.717) is 46.6 Å². The first kappa shape index (κ1) is 29.2. The van der Waals surface area contributed by atoms with Gasteiger partial charge >= 0.3 is 12.2 Å². The van der Waals surface area contributed by atoms with Crippen LogP contribution in [0.15, 0.2) is 60.9 Å². The number of pyridine rings is 1. The fourth-order valence-electron chi connectivity index (χ4n) is 6.00. The molecule has 15 heteroatoms. The minimum Gasteiger partial charge on any atom is -0.327 e. The van der Waals surface area contributed by atoms with Crippen LogP contribution >= 0.6 is 11.6 Å². The summed E-state index contributed by atoms with van der Waals surface area (Å²) in [5.41, 5.74) is 0.646. The third-order valence-electron chi connectivity index (χ3n) is 7.94. The summed E-state index contributed by atoms with van der Waals surface area (Å²) in [5.74, 6) is -3.03. The first-order chi connectivity index (χ1) is 21.9. The van der Waals surface area contributed by atoms with Crippen molar-refractivity contribution >= 4 is 40.6 Å². The lowest BCUT2D eigenvalue weighted by molar-refractivity contribution is -0.137. The number of carbonyl (C=O) groups excluding carboxylic acids is 2. The van der Waals surface area contributed by atoms with Gasteiger partial charge in [-0.05, 0) is 72.1 Å². The highest BCUT2D eigenvalue weighted by Gasteiger charge is 2.41. The summed E-state index contributed by atoms with van der Waals surface area (Å²) in [7, 11) is 0. The molecule has 9 nitrogen and oxygen atoms in total. The number of alkyl halides is 3. The second-order valence-corrected chi connectivity index (χ2v) is 11.0. The number of hydrogen-bond donors (Lipinski definition) is 2. The molecule has 2 aliphatic heterocycles. The van der Waals surface area contributed by atoms with Crippen LogP contribution in [0.4, 0.5) is 38.1 Å². The van der Waals surface area contributed by atoms with E-state index in [4.69, 9.17) is 11.6 Å². The average Bonchev–Trinajstić information content (AvgIpc) is 3.68. The van der Waals surface area contributed by atoms with Gasteiger partial charge < -0.3 is 10.6 Å². The van der Waals surface area contributed by atoms with Crippen molar-refractivity contribution in [2.45, 2.75) is 18.6 Å². The molecule has 0 radical (unpaired) electrons. The first-order valence-electron chi connectivity index (χ1n) is 13.6. The molecule has 1 unspecified atom stereocenters. The minimum atomic E-state index is -4.93. The van der Waals surface area contributed by atoms with Gasteiger partial charge in [0.15, 0.2) is 11.3 Å². The van der Waals surface area contributed by atoms with E-state index in [9.17, 15) is 36.8 Å². The lowest BCUT2D eigenvalue weighted by atomic mass is 9.87. The molecular weight excluding hydrogens is 633 g/mol. The normalized spacial score (nSPS) is 15.5. The molecule has 2 aromatic heterocycles. The zero-order valence-electron chi connectivity index (χ0n) is 23.1. The van der Waals surface area contributed by atoms with Crippen molar-refractivity contribution in [2.24, 2.45) is 0 Å². The van der Waals surface area contributed by atoms with Crippen LogP contribution in [0, 0.1) is 23.0 Å². The predicted molar refractivity (Wildman–Crippen MR) is 155 cm³/mol. The molecule has 0 saturated heterocycles. The number of urea groups is 1. The lowest BCUT2D eigenvalue weighted by Crippen LogP contribution is -2.46. The number of hydrogen-bond acceptors (Lipinski definition) is 5. The van der Waals surface area contributed by atoms with Crippen LogP contribution in [0.5, 0.6) is 0 Å². The Morgan fingerprint density at radius 3 is 2.63 bits per heavy atom. The second-order valence-electron chi connectivity index (χ2n) is 10.6. The lowest BCUT2D eigenvalue weighted by Gasteiger charge is -2.35. The molecule has 2 N–H and O–H groups in total. The van der Waals surface area contributed by atoms with Gasteiger partial charge in [0.1, 0.15) is 24.0 Å². The number of nitrogens with one attached hydrogen (secondary N) is 2. The first-order valence-corrected chi connectivity index (χ1v) is 14.0. The SMILES string of the molecule is N#Cc1c(-c2cc(NC(=O)c3cc(F)cc(C(F)(F)F)c3)c3c4c2CCN4C(=O)NC3c2cc(F)ccc2Cl)ccc2ncnn12. The maximum Gasteiger partial charge on any atom is 0.416 e. The largest absolute Gasteiger partial charge is 0.416 e. The quantitative estimate of drug-likeness (QED) is 0.212. The number of aromatic nitrogens is 3. The molecule has 4 heterocycles.